The zero-order chi connectivity index (χ0) is 51.4. The van der Waals surface area contributed by atoms with Gasteiger partial charge in [0.25, 0.3) is 0 Å². The maximum absolute atomic E-state index is 12.9. The maximum Gasteiger partial charge on any atom is 0.306 e. The molecule has 0 aromatic heterocycles. The van der Waals surface area contributed by atoms with E-state index in [1.165, 1.54) is 263 Å². The summed E-state index contributed by atoms with van der Waals surface area (Å²) in [4.78, 5) is 38.2. The van der Waals surface area contributed by atoms with Gasteiger partial charge in [-0.25, -0.2) is 0 Å². The standard InChI is InChI=1S/C65H124O6/c1-4-7-10-13-16-19-22-24-26-28-30-31-32-33-35-36-38-40-43-46-49-52-55-58-64(67)70-61-62(60-69-63(66)57-54-51-48-45-42-21-18-15-12-9-6-3)71-65(68)59-56-53-50-47-44-41-39-37-34-29-27-25-23-20-17-14-11-8-5-2/h15,18,62H,4-14,16-17,19-61H2,1-3H3/b18-15-. The van der Waals surface area contributed by atoms with E-state index in [-0.39, 0.29) is 31.1 Å². The normalized spacial score (nSPS) is 12.0. The van der Waals surface area contributed by atoms with Crippen molar-refractivity contribution >= 4 is 17.9 Å². The van der Waals surface area contributed by atoms with Crippen LogP contribution >= 0.6 is 0 Å². The van der Waals surface area contributed by atoms with Gasteiger partial charge in [0.1, 0.15) is 13.2 Å². The van der Waals surface area contributed by atoms with Gasteiger partial charge in [0, 0.05) is 19.3 Å². The fraction of sp³-hybridized carbons (Fsp3) is 0.923. The first-order chi connectivity index (χ1) is 35.0. The molecule has 0 spiro atoms. The van der Waals surface area contributed by atoms with E-state index < -0.39 is 6.10 Å². The van der Waals surface area contributed by atoms with Crippen molar-refractivity contribution < 1.29 is 28.6 Å². The molecule has 0 saturated heterocycles. The second-order valence-corrected chi connectivity index (χ2v) is 22.0. The number of hydrogen-bond donors (Lipinski definition) is 0. The number of carbonyl (C=O) groups is 3. The Hall–Kier alpha value is -1.85. The van der Waals surface area contributed by atoms with Crippen LogP contribution < -0.4 is 0 Å². The van der Waals surface area contributed by atoms with Crippen molar-refractivity contribution in [3.8, 4) is 0 Å². The Morgan fingerprint density at radius 3 is 0.746 bits per heavy atom. The predicted molar refractivity (Wildman–Crippen MR) is 307 cm³/mol. The summed E-state index contributed by atoms with van der Waals surface area (Å²) >= 11 is 0. The smallest absolute Gasteiger partial charge is 0.306 e. The van der Waals surface area contributed by atoms with E-state index in [9.17, 15) is 14.4 Å². The van der Waals surface area contributed by atoms with Crippen LogP contribution in [0.4, 0.5) is 0 Å². The Balaban J connectivity index is 4.19. The first kappa shape index (κ1) is 69.2. The summed E-state index contributed by atoms with van der Waals surface area (Å²) in [5.41, 5.74) is 0. The minimum atomic E-state index is -0.768. The molecule has 6 nitrogen and oxygen atoms in total. The molecule has 1 atom stereocenters. The Labute approximate surface area is 443 Å². The molecule has 0 heterocycles. The fourth-order valence-corrected chi connectivity index (χ4v) is 9.90. The Morgan fingerprint density at radius 2 is 0.479 bits per heavy atom. The summed E-state index contributed by atoms with van der Waals surface area (Å²) < 4.78 is 16.9. The average Bonchev–Trinajstić information content (AvgIpc) is 3.37. The van der Waals surface area contributed by atoms with E-state index in [1.807, 2.05) is 0 Å². The molecule has 0 fully saturated rings. The van der Waals surface area contributed by atoms with Crippen molar-refractivity contribution in [2.24, 2.45) is 0 Å². The van der Waals surface area contributed by atoms with Gasteiger partial charge in [-0.2, -0.15) is 0 Å². The van der Waals surface area contributed by atoms with Gasteiger partial charge in [-0.05, 0) is 38.5 Å². The van der Waals surface area contributed by atoms with Crippen LogP contribution in [0.15, 0.2) is 12.2 Å². The lowest BCUT2D eigenvalue weighted by Gasteiger charge is -2.18. The van der Waals surface area contributed by atoms with E-state index in [4.69, 9.17) is 14.2 Å². The van der Waals surface area contributed by atoms with Crippen LogP contribution in [0.25, 0.3) is 0 Å². The number of hydrogen-bond acceptors (Lipinski definition) is 6. The molecule has 0 aliphatic heterocycles. The molecule has 6 heteroatoms. The van der Waals surface area contributed by atoms with E-state index >= 15 is 0 Å². The van der Waals surface area contributed by atoms with Crippen molar-refractivity contribution in [3.63, 3.8) is 0 Å². The largest absolute Gasteiger partial charge is 0.462 e. The lowest BCUT2D eigenvalue weighted by Crippen LogP contribution is -2.30. The molecule has 0 bridgehead atoms. The van der Waals surface area contributed by atoms with Crippen LogP contribution in [0.3, 0.4) is 0 Å². The molecule has 0 aliphatic carbocycles. The molecular formula is C65H124O6. The third kappa shape index (κ3) is 58.9. The first-order valence-electron chi connectivity index (χ1n) is 32.2. The summed E-state index contributed by atoms with van der Waals surface area (Å²) in [6.45, 7) is 6.67. The lowest BCUT2D eigenvalue weighted by molar-refractivity contribution is -0.167. The van der Waals surface area contributed by atoms with Crippen molar-refractivity contribution in [3.05, 3.63) is 12.2 Å². The Bertz CT molecular complexity index is 1100. The number of carbonyl (C=O) groups excluding carboxylic acids is 3. The molecule has 71 heavy (non-hydrogen) atoms. The molecule has 1 unspecified atom stereocenters. The molecule has 0 amide bonds. The fourth-order valence-electron chi connectivity index (χ4n) is 9.90. The molecule has 0 N–H and O–H groups in total. The highest BCUT2D eigenvalue weighted by Gasteiger charge is 2.19. The number of unbranched alkanes of at least 4 members (excludes halogenated alkanes) is 47. The van der Waals surface area contributed by atoms with E-state index in [0.717, 1.165) is 64.2 Å². The average molecular weight is 1000 g/mol. The third-order valence-corrected chi connectivity index (χ3v) is 14.8. The van der Waals surface area contributed by atoms with Gasteiger partial charge in [0.2, 0.25) is 0 Å². The van der Waals surface area contributed by atoms with Crippen molar-refractivity contribution in [2.45, 2.75) is 374 Å². The van der Waals surface area contributed by atoms with E-state index in [2.05, 4.69) is 32.9 Å². The van der Waals surface area contributed by atoms with Crippen LogP contribution in [0, 0.1) is 0 Å². The number of ether oxygens (including phenoxy) is 3. The SMILES string of the molecule is CCCC/C=C\CCCCCCCC(=O)OCC(COC(=O)CCCCCCCCCCCCCCCCCCCCCCCCC)OC(=O)CCCCCCCCCCCCCCCCCCCCC. The van der Waals surface area contributed by atoms with E-state index in [0.29, 0.717) is 19.3 Å². The summed E-state index contributed by atoms with van der Waals surface area (Å²) in [7, 11) is 0. The third-order valence-electron chi connectivity index (χ3n) is 14.8. The van der Waals surface area contributed by atoms with Gasteiger partial charge < -0.3 is 14.2 Å². The van der Waals surface area contributed by atoms with Crippen LogP contribution in [0.5, 0.6) is 0 Å². The van der Waals surface area contributed by atoms with Crippen LogP contribution in [0.2, 0.25) is 0 Å². The number of rotatable bonds is 60. The highest BCUT2D eigenvalue weighted by molar-refractivity contribution is 5.71. The zero-order valence-corrected chi connectivity index (χ0v) is 48.3. The van der Waals surface area contributed by atoms with Crippen molar-refractivity contribution in [1.82, 2.24) is 0 Å². The molecule has 0 aromatic rings. The number of esters is 3. The number of allylic oxidation sites excluding steroid dienone is 2. The zero-order valence-electron chi connectivity index (χ0n) is 48.3. The van der Waals surface area contributed by atoms with E-state index in [1.54, 1.807) is 0 Å². The van der Waals surface area contributed by atoms with Gasteiger partial charge in [0.15, 0.2) is 6.10 Å². The van der Waals surface area contributed by atoms with Gasteiger partial charge in [-0.3, -0.25) is 14.4 Å². The second kappa shape index (κ2) is 60.7. The van der Waals surface area contributed by atoms with Crippen LogP contribution in [0.1, 0.15) is 367 Å². The topological polar surface area (TPSA) is 78.9 Å². The summed E-state index contributed by atoms with van der Waals surface area (Å²) in [5.74, 6) is -0.847. The second-order valence-electron chi connectivity index (χ2n) is 22.0. The highest BCUT2D eigenvalue weighted by atomic mass is 16.6. The molecule has 420 valence electrons. The lowest BCUT2D eigenvalue weighted by atomic mass is 10.0. The van der Waals surface area contributed by atoms with Gasteiger partial charge in [0.05, 0.1) is 0 Å². The Morgan fingerprint density at radius 1 is 0.268 bits per heavy atom. The Kier molecular flexibility index (Phi) is 59.1. The van der Waals surface area contributed by atoms with Crippen molar-refractivity contribution in [1.29, 1.82) is 0 Å². The van der Waals surface area contributed by atoms with Crippen LogP contribution in [-0.2, 0) is 28.6 Å². The quantitative estimate of drug-likeness (QED) is 0.0261. The van der Waals surface area contributed by atoms with Gasteiger partial charge in [-0.1, -0.05) is 322 Å². The summed E-state index contributed by atoms with van der Waals surface area (Å²) in [6, 6.07) is 0. The molecule has 0 aliphatic rings. The molecule has 0 radical (unpaired) electrons. The van der Waals surface area contributed by atoms with Crippen LogP contribution in [-0.4, -0.2) is 37.2 Å². The first-order valence-corrected chi connectivity index (χ1v) is 32.2. The molecule has 0 rings (SSSR count). The minimum absolute atomic E-state index is 0.0662. The monoisotopic (exact) mass is 1000 g/mol. The minimum Gasteiger partial charge on any atom is -0.462 e. The maximum atomic E-state index is 12.9. The summed E-state index contributed by atoms with van der Waals surface area (Å²) in [5, 5.41) is 0. The van der Waals surface area contributed by atoms with Crippen molar-refractivity contribution in [2.75, 3.05) is 13.2 Å². The van der Waals surface area contributed by atoms with Gasteiger partial charge >= 0.3 is 17.9 Å². The molecule has 0 saturated carbocycles. The predicted octanol–water partition coefficient (Wildman–Crippen LogP) is 21.7. The molecule has 0 aromatic carbocycles. The van der Waals surface area contributed by atoms with Gasteiger partial charge in [-0.15, -0.1) is 0 Å². The molecular weight excluding hydrogens is 877 g/mol. The highest BCUT2D eigenvalue weighted by Crippen LogP contribution is 2.18. The summed E-state index contributed by atoms with van der Waals surface area (Å²) in [6.07, 6.45) is 70.9.